The minimum atomic E-state index is -0.647. The minimum Gasteiger partial charge on any atom is -0.398 e. The number of hydrogen-bond donors (Lipinski definition) is 0. The van der Waals surface area contributed by atoms with Gasteiger partial charge in [-0.05, 0) is 13.8 Å². The quantitative estimate of drug-likeness (QED) is 0.419. The van der Waals surface area contributed by atoms with Gasteiger partial charge < -0.3 is 14.4 Å². The van der Waals surface area contributed by atoms with Crippen LogP contribution in [0.15, 0.2) is 10.3 Å². The molecule has 0 N–H and O–H groups in total. The number of nitriles is 1. The van der Waals surface area contributed by atoms with Gasteiger partial charge in [0, 0.05) is 7.11 Å². The predicted octanol–water partition coefficient (Wildman–Crippen LogP) is 0.457. The molecule has 8 nitrogen and oxygen atoms in total. The van der Waals surface area contributed by atoms with Gasteiger partial charge >= 0.3 is 0 Å². The topological polar surface area (TPSA) is 96.5 Å². The second-order valence-corrected chi connectivity index (χ2v) is 4.42. The van der Waals surface area contributed by atoms with Gasteiger partial charge in [-0.2, -0.15) is 5.26 Å². The van der Waals surface area contributed by atoms with E-state index in [4.69, 9.17) is 14.8 Å². The van der Waals surface area contributed by atoms with Gasteiger partial charge in [0.1, 0.15) is 25.5 Å². The standard InChI is InChI=1S/C11H16N4O4/c1-11(2)5-9(14-19-11)15(7-17-3)10(16)8(6-12)13-18-4/h5,7H2,1-4H3/b13-8+. The van der Waals surface area contributed by atoms with E-state index in [0.717, 1.165) is 0 Å². The number of methoxy groups -OCH3 is 1. The maximum Gasteiger partial charge on any atom is 0.294 e. The summed E-state index contributed by atoms with van der Waals surface area (Å²) in [5.41, 5.74) is -0.876. The Morgan fingerprint density at radius 1 is 1.63 bits per heavy atom. The molecule has 0 saturated carbocycles. The number of carbonyl (C=O) groups excluding carboxylic acids is 1. The fraction of sp³-hybridized carbons (Fsp3) is 0.636. The van der Waals surface area contributed by atoms with E-state index < -0.39 is 11.5 Å². The molecule has 8 heteroatoms. The summed E-state index contributed by atoms with van der Waals surface area (Å²) in [6.45, 7) is 3.63. The molecule has 0 aromatic rings. The Labute approximate surface area is 111 Å². The van der Waals surface area contributed by atoms with E-state index >= 15 is 0 Å². The van der Waals surface area contributed by atoms with Crippen molar-refractivity contribution in [3.8, 4) is 6.07 Å². The first-order valence-electron chi connectivity index (χ1n) is 5.52. The number of amides is 1. The first-order chi connectivity index (χ1) is 8.95. The molecule has 0 fully saturated rings. The third-order valence-electron chi connectivity index (χ3n) is 2.29. The van der Waals surface area contributed by atoms with Crippen LogP contribution in [0.3, 0.4) is 0 Å². The van der Waals surface area contributed by atoms with Crippen LogP contribution >= 0.6 is 0 Å². The first-order valence-corrected chi connectivity index (χ1v) is 5.52. The van der Waals surface area contributed by atoms with Crippen molar-refractivity contribution in [2.45, 2.75) is 25.9 Å². The molecule has 19 heavy (non-hydrogen) atoms. The molecule has 104 valence electrons. The Bertz CT molecular complexity index is 450. The molecule has 0 atom stereocenters. The van der Waals surface area contributed by atoms with Crippen molar-refractivity contribution in [3.63, 3.8) is 0 Å². The Balaban J connectivity index is 2.93. The minimum absolute atomic E-state index is 0.0540. The summed E-state index contributed by atoms with van der Waals surface area (Å²) in [4.78, 5) is 23.0. The van der Waals surface area contributed by atoms with Crippen molar-refractivity contribution in [3.05, 3.63) is 0 Å². The van der Waals surface area contributed by atoms with Crippen molar-refractivity contribution < 1.29 is 19.2 Å². The fourth-order valence-corrected chi connectivity index (χ4v) is 1.47. The van der Waals surface area contributed by atoms with Gasteiger partial charge in [0.25, 0.3) is 5.91 Å². The molecule has 0 aromatic carbocycles. The molecule has 0 saturated heterocycles. The van der Waals surface area contributed by atoms with Crippen LogP contribution in [-0.2, 0) is 19.2 Å². The Morgan fingerprint density at radius 2 is 2.32 bits per heavy atom. The zero-order chi connectivity index (χ0) is 14.5. The monoisotopic (exact) mass is 268 g/mol. The van der Waals surface area contributed by atoms with Crippen LogP contribution in [0.2, 0.25) is 0 Å². The zero-order valence-corrected chi connectivity index (χ0v) is 11.3. The van der Waals surface area contributed by atoms with E-state index in [9.17, 15) is 4.79 Å². The Kier molecular flexibility index (Phi) is 4.83. The largest absolute Gasteiger partial charge is 0.398 e. The number of ether oxygens (including phenoxy) is 1. The van der Waals surface area contributed by atoms with Gasteiger partial charge in [0.15, 0.2) is 5.84 Å². The molecule has 0 unspecified atom stereocenters. The third-order valence-corrected chi connectivity index (χ3v) is 2.29. The summed E-state index contributed by atoms with van der Waals surface area (Å²) in [5, 5.41) is 16.1. The number of oxime groups is 2. The van der Waals surface area contributed by atoms with Crippen molar-refractivity contribution >= 4 is 17.5 Å². The van der Waals surface area contributed by atoms with E-state index in [2.05, 4.69) is 15.1 Å². The SMILES string of the molecule is COCN(C(=O)/C(C#N)=N/OC)C1=NOC(C)(C)C1. The predicted molar refractivity (Wildman–Crippen MR) is 66.0 cm³/mol. The number of hydrogen-bond acceptors (Lipinski definition) is 7. The second kappa shape index (κ2) is 6.15. The average molecular weight is 268 g/mol. The lowest BCUT2D eigenvalue weighted by Gasteiger charge is -2.20. The number of nitrogens with zero attached hydrogens (tertiary/aromatic N) is 4. The maximum absolute atomic E-state index is 12.1. The van der Waals surface area contributed by atoms with Crippen LogP contribution < -0.4 is 0 Å². The maximum atomic E-state index is 12.1. The summed E-state index contributed by atoms with van der Waals surface area (Å²) in [5.74, 6) is -0.262. The molecule has 1 amide bonds. The molecule has 0 bridgehead atoms. The smallest absolute Gasteiger partial charge is 0.294 e. The van der Waals surface area contributed by atoms with Gasteiger partial charge in [-0.3, -0.25) is 9.69 Å². The Morgan fingerprint density at radius 3 is 2.74 bits per heavy atom. The lowest BCUT2D eigenvalue weighted by atomic mass is 10.1. The van der Waals surface area contributed by atoms with Crippen molar-refractivity contribution in [1.29, 1.82) is 5.26 Å². The molecule has 0 radical (unpaired) electrons. The van der Waals surface area contributed by atoms with Crippen molar-refractivity contribution in [1.82, 2.24) is 4.90 Å². The van der Waals surface area contributed by atoms with E-state index in [0.29, 0.717) is 12.3 Å². The fourth-order valence-electron chi connectivity index (χ4n) is 1.47. The first kappa shape index (κ1) is 14.9. The summed E-state index contributed by atoms with van der Waals surface area (Å²) >= 11 is 0. The molecule has 1 heterocycles. The summed E-state index contributed by atoms with van der Waals surface area (Å²) in [6.07, 6.45) is 0.424. The van der Waals surface area contributed by atoms with Crippen LogP contribution in [0, 0.1) is 11.3 Å². The van der Waals surface area contributed by atoms with Crippen LogP contribution in [-0.4, -0.2) is 48.9 Å². The van der Waals surface area contributed by atoms with Gasteiger partial charge in [-0.15, -0.1) is 0 Å². The van der Waals surface area contributed by atoms with Gasteiger partial charge in [0.05, 0.1) is 6.42 Å². The van der Waals surface area contributed by atoms with E-state index in [1.807, 2.05) is 13.8 Å². The number of rotatable bonds is 4. The highest BCUT2D eigenvalue weighted by Crippen LogP contribution is 2.24. The second-order valence-electron chi connectivity index (χ2n) is 4.42. The molecule has 1 rings (SSSR count). The lowest BCUT2D eigenvalue weighted by molar-refractivity contribution is -0.123. The Hall–Kier alpha value is -2.14. The molecule has 0 aliphatic carbocycles. The molecular weight excluding hydrogens is 252 g/mol. The number of amidine groups is 1. The van der Waals surface area contributed by atoms with Gasteiger partial charge in [-0.25, -0.2) is 0 Å². The van der Waals surface area contributed by atoms with Gasteiger partial charge in [0.2, 0.25) is 5.71 Å². The molecule has 1 aliphatic rings. The zero-order valence-electron chi connectivity index (χ0n) is 11.3. The molecule has 0 aromatic heterocycles. The van der Waals surface area contributed by atoms with Crippen LogP contribution in [0.5, 0.6) is 0 Å². The normalized spacial score (nSPS) is 17.2. The van der Waals surface area contributed by atoms with Gasteiger partial charge in [-0.1, -0.05) is 10.3 Å². The van der Waals surface area contributed by atoms with Crippen LogP contribution in [0.1, 0.15) is 20.3 Å². The van der Waals surface area contributed by atoms with Crippen LogP contribution in [0.4, 0.5) is 0 Å². The number of carbonyl (C=O) groups is 1. The van der Waals surface area contributed by atoms with Crippen molar-refractivity contribution in [2.75, 3.05) is 21.0 Å². The molecule has 1 aliphatic heterocycles. The highest BCUT2D eigenvalue weighted by Gasteiger charge is 2.35. The van der Waals surface area contributed by atoms with E-state index in [-0.39, 0.29) is 12.4 Å². The average Bonchev–Trinajstić information content (AvgIpc) is 2.72. The van der Waals surface area contributed by atoms with Crippen molar-refractivity contribution in [2.24, 2.45) is 10.3 Å². The third kappa shape index (κ3) is 3.66. The summed E-state index contributed by atoms with van der Waals surface area (Å²) < 4.78 is 4.94. The van der Waals surface area contributed by atoms with Crippen LogP contribution in [0.25, 0.3) is 0 Å². The summed E-state index contributed by atoms with van der Waals surface area (Å²) in [6, 6.07) is 1.67. The molecule has 0 spiro atoms. The lowest BCUT2D eigenvalue weighted by Crippen LogP contribution is -2.42. The molecular formula is C11H16N4O4. The summed E-state index contributed by atoms with van der Waals surface area (Å²) in [7, 11) is 2.69. The highest BCUT2D eigenvalue weighted by molar-refractivity contribution is 6.46. The highest BCUT2D eigenvalue weighted by atomic mass is 16.7. The van der Waals surface area contributed by atoms with E-state index in [1.54, 1.807) is 6.07 Å². The van der Waals surface area contributed by atoms with E-state index in [1.165, 1.54) is 19.1 Å².